The number of unbranched alkanes of at least 4 members (excludes halogenated alkanes) is 2. The smallest absolute Gasteiger partial charge is 0.0515 e. The predicted molar refractivity (Wildman–Crippen MR) is 148 cm³/mol. The van der Waals surface area contributed by atoms with E-state index in [1.54, 1.807) is 12.7 Å². The van der Waals surface area contributed by atoms with Crippen LogP contribution in [0.1, 0.15) is 108 Å². The number of aliphatic hydroxyl groups is 1. The van der Waals surface area contributed by atoms with Gasteiger partial charge in [0.15, 0.2) is 0 Å². The van der Waals surface area contributed by atoms with E-state index in [-0.39, 0.29) is 6.61 Å². The molecule has 2 atom stereocenters. The van der Waals surface area contributed by atoms with Crippen LogP contribution in [0.3, 0.4) is 0 Å². The Kier molecular flexibility index (Phi) is 10.8. The van der Waals surface area contributed by atoms with Crippen LogP contribution in [0.4, 0.5) is 0 Å². The van der Waals surface area contributed by atoms with Crippen LogP contribution in [0.5, 0.6) is 0 Å². The Morgan fingerprint density at radius 3 is 2.00 bits per heavy atom. The molecule has 2 saturated carbocycles. The fourth-order valence-electron chi connectivity index (χ4n) is 7.74. The average Bonchev–Trinajstić information content (AvgIpc) is 2.93. The normalized spacial score (nSPS) is 30.6. The van der Waals surface area contributed by atoms with E-state index in [2.05, 4.69) is 37.3 Å². The maximum Gasteiger partial charge on any atom is 0.0515 e. The monoisotopic (exact) mass is 480 g/mol. The van der Waals surface area contributed by atoms with Crippen molar-refractivity contribution in [3.8, 4) is 0 Å². The summed E-state index contributed by atoms with van der Waals surface area (Å²) < 4.78 is 5.35. The number of allylic oxidation sites excluding steroid dienone is 2. The van der Waals surface area contributed by atoms with Gasteiger partial charge in [0, 0.05) is 19.6 Å². The SMILES string of the molecule is CCCCCc1ccc(C2=CCC(C3CCC(C4CCC(C(CO)COC)CC4)CC3)CC2)cc1. The molecule has 2 heteroatoms. The fourth-order valence-corrected chi connectivity index (χ4v) is 7.74. The van der Waals surface area contributed by atoms with Crippen LogP contribution in [0.15, 0.2) is 30.3 Å². The van der Waals surface area contributed by atoms with Gasteiger partial charge in [-0.2, -0.15) is 0 Å². The van der Waals surface area contributed by atoms with Gasteiger partial charge >= 0.3 is 0 Å². The lowest BCUT2D eigenvalue weighted by molar-refractivity contribution is 0.0442. The largest absolute Gasteiger partial charge is 0.396 e. The summed E-state index contributed by atoms with van der Waals surface area (Å²) in [5.74, 6) is 4.81. The Morgan fingerprint density at radius 1 is 0.829 bits per heavy atom. The van der Waals surface area contributed by atoms with Crippen LogP contribution >= 0.6 is 0 Å². The molecular weight excluding hydrogens is 428 g/mol. The van der Waals surface area contributed by atoms with Gasteiger partial charge in [-0.3, -0.25) is 0 Å². The van der Waals surface area contributed by atoms with Gasteiger partial charge in [0.05, 0.1) is 6.61 Å². The number of aliphatic hydroxyl groups excluding tert-OH is 1. The molecule has 1 aromatic rings. The molecule has 196 valence electrons. The molecule has 4 rings (SSSR count). The minimum Gasteiger partial charge on any atom is -0.396 e. The van der Waals surface area contributed by atoms with Gasteiger partial charge in [-0.1, -0.05) is 50.1 Å². The summed E-state index contributed by atoms with van der Waals surface area (Å²) in [5.41, 5.74) is 4.57. The molecule has 0 spiro atoms. The predicted octanol–water partition coefficient (Wildman–Crippen LogP) is 8.47. The number of ether oxygens (including phenoxy) is 1. The van der Waals surface area contributed by atoms with Gasteiger partial charge in [0.2, 0.25) is 0 Å². The van der Waals surface area contributed by atoms with Crippen LogP contribution in [0.2, 0.25) is 0 Å². The molecule has 2 fully saturated rings. The number of rotatable bonds is 11. The average molecular weight is 481 g/mol. The topological polar surface area (TPSA) is 29.5 Å². The van der Waals surface area contributed by atoms with E-state index >= 15 is 0 Å². The van der Waals surface area contributed by atoms with Crippen molar-refractivity contribution in [2.24, 2.45) is 35.5 Å². The quantitative estimate of drug-likeness (QED) is 0.322. The lowest BCUT2D eigenvalue weighted by Crippen LogP contribution is -2.32. The van der Waals surface area contributed by atoms with Gasteiger partial charge < -0.3 is 9.84 Å². The van der Waals surface area contributed by atoms with Crippen molar-refractivity contribution in [1.29, 1.82) is 0 Å². The summed E-state index contributed by atoms with van der Waals surface area (Å²) in [7, 11) is 1.77. The Labute approximate surface area is 215 Å². The summed E-state index contributed by atoms with van der Waals surface area (Å²) in [6.45, 7) is 3.29. The van der Waals surface area contributed by atoms with Crippen molar-refractivity contribution in [2.75, 3.05) is 20.3 Å². The maximum atomic E-state index is 9.72. The highest BCUT2D eigenvalue weighted by molar-refractivity contribution is 5.66. The van der Waals surface area contributed by atoms with E-state index in [0.717, 1.165) is 30.3 Å². The van der Waals surface area contributed by atoms with Crippen LogP contribution in [0.25, 0.3) is 5.57 Å². The first kappa shape index (κ1) is 26.9. The second-order valence-corrected chi connectivity index (χ2v) is 12.2. The van der Waals surface area contributed by atoms with E-state index in [1.165, 1.54) is 107 Å². The Bertz CT molecular complexity index is 750. The van der Waals surface area contributed by atoms with Crippen molar-refractivity contribution >= 4 is 5.57 Å². The molecule has 3 aliphatic carbocycles. The Morgan fingerprint density at radius 2 is 1.46 bits per heavy atom. The highest BCUT2D eigenvalue weighted by Crippen LogP contribution is 2.46. The lowest BCUT2D eigenvalue weighted by Gasteiger charge is -2.41. The van der Waals surface area contributed by atoms with Crippen molar-refractivity contribution < 1.29 is 9.84 Å². The second-order valence-electron chi connectivity index (χ2n) is 12.2. The summed E-state index contributed by atoms with van der Waals surface area (Å²) in [4.78, 5) is 0. The molecule has 2 unspecified atom stereocenters. The third-order valence-electron chi connectivity index (χ3n) is 10.1. The zero-order chi connectivity index (χ0) is 24.5. The van der Waals surface area contributed by atoms with Crippen molar-refractivity contribution in [3.05, 3.63) is 41.5 Å². The zero-order valence-corrected chi connectivity index (χ0v) is 22.7. The van der Waals surface area contributed by atoms with Gasteiger partial charge in [0.25, 0.3) is 0 Å². The minimum absolute atomic E-state index is 0.288. The number of benzene rings is 1. The molecule has 0 saturated heterocycles. The van der Waals surface area contributed by atoms with Gasteiger partial charge in [-0.25, -0.2) is 0 Å². The van der Waals surface area contributed by atoms with Crippen LogP contribution in [0, 0.1) is 35.5 Å². The molecule has 0 aromatic heterocycles. The van der Waals surface area contributed by atoms with Crippen LogP contribution < -0.4 is 0 Å². The summed E-state index contributed by atoms with van der Waals surface area (Å²) in [5, 5.41) is 9.72. The second kappa shape index (κ2) is 14.0. The van der Waals surface area contributed by atoms with E-state index in [9.17, 15) is 5.11 Å². The molecule has 0 heterocycles. The zero-order valence-electron chi connectivity index (χ0n) is 22.7. The van der Waals surface area contributed by atoms with Crippen LogP contribution in [-0.4, -0.2) is 25.4 Å². The first-order valence-corrected chi connectivity index (χ1v) is 15.1. The van der Waals surface area contributed by atoms with Gasteiger partial charge in [-0.15, -0.1) is 0 Å². The molecule has 1 aromatic carbocycles. The number of methoxy groups -OCH3 is 1. The molecule has 35 heavy (non-hydrogen) atoms. The fraction of sp³-hybridized carbons (Fsp3) is 0.758. The first-order valence-electron chi connectivity index (χ1n) is 15.1. The molecule has 0 radical (unpaired) electrons. The molecular formula is C33H52O2. The third kappa shape index (κ3) is 7.45. The highest BCUT2D eigenvalue weighted by Gasteiger charge is 2.35. The Balaban J connectivity index is 1.19. The van der Waals surface area contributed by atoms with Crippen molar-refractivity contribution in [2.45, 2.75) is 103 Å². The number of aryl methyl sites for hydroxylation is 1. The van der Waals surface area contributed by atoms with Gasteiger partial charge in [0.1, 0.15) is 0 Å². The molecule has 2 nitrogen and oxygen atoms in total. The van der Waals surface area contributed by atoms with E-state index in [0.29, 0.717) is 11.8 Å². The molecule has 0 amide bonds. The van der Waals surface area contributed by atoms with Gasteiger partial charge in [-0.05, 0) is 130 Å². The summed E-state index contributed by atoms with van der Waals surface area (Å²) >= 11 is 0. The van der Waals surface area contributed by atoms with E-state index < -0.39 is 0 Å². The molecule has 0 bridgehead atoms. The lowest BCUT2D eigenvalue weighted by atomic mass is 9.65. The number of hydrogen-bond donors (Lipinski definition) is 1. The van der Waals surface area contributed by atoms with Crippen molar-refractivity contribution in [3.63, 3.8) is 0 Å². The Hall–Kier alpha value is -1.12. The number of hydrogen-bond acceptors (Lipinski definition) is 2. The first-order chi connectivity index (χ1) is 17.2. The highest BCUT2D eigenvalue weighted by atomic mass is 16.5. The molecule has 3 aliphatic rings. The van der Waals surface area contributed by atoms with E-state index in [4.69, 9.17) is 4.74 Å². The van der Waals surface area contributed by atoms with Crippen LogP contribution in [-0.2, 0) is 11.2 Å². The van der Waals surface area contributed by atoms with E-state index in [1.807, 2.05) is 0 Å². The molecule has 1 N–H and O–H groups in total. The maximum absolute atomic E-state index is 9.72. The summed E-state index contributed by atoms with van der Waals surface area (Å²) in [6.07, 6.45) is 23.0. The third-order valence-corrected chi connectivity index (χ3v) is 10.1. The minimum atomic E-state index is 0.288. The standard InChI is InChI=1S/C33H52O2/c1-3-4-5-6-25-7-9-26(10-8-25)27-11-13-28(14-12-27)29-15-17-30(18-16-29)31-19-21-32(22-20-31)33(23-34)24-35-2/h7-11,28-34H,3-6,12-24H2,1-2H3. The van der Waals surface area contributed by atoms with Crippen molar-refractivity contribution in [1.82, 2.24) is 0 Å². The molecule has 0 aliphatic heterocycles. The summed E-state index contributed by atoms with van der Waals surface area (Å²) in [6, 6.07) is 9.50.